The molecule has 3 rings (SSSR count). The molecule has 0 saturated carbocycles. The van der Waals surface area contributed by atoms with Gasteiger partial charge in [-0.05, 0) is 30.3 Å². The van der Waals surface area contributed by atoms with Crippen LogP contribution in [0.4, 0.5) is 10.1 Å². The van der Waals surface area contributed by atoms with E-state index in [4.69, 9.17) is 26.4 Å². The molecule has 2 aromatic rings. The van der Waals surface area contributed by atoms with Crippen LogP contribution >= 0.6 is 24.0 Å². The molecule has 0 spiro atoms. The minimum Gasteiger partial charge on any atom is -0.496 e. The van der Waals surface area contributed by atoms with Gasteiger partial charge in [0.25, 0.3) is 5.91 Å². The summed E-state index contributed by atoms with van der Waals surface area (Å²) in [6.07, 6.45) is 1.67. The van der Waals surface area contributed by atoms with Crippen molar-refractivity contribution in [1.82, 2.24) is 0 Å². The number of carbonyl (C=O) groups is 1. The molecule has 0 N–H and O–H groups in total. The van der Waals surface area contributed by atoms with Crippen molar-refractivity contribution in [3.05, 3.63) is 52.7 Å². The standard InChI is InChI=1S/C19H16FNO4S2/c1-23-14-10-16(25-3)15(24-2)7-11(14)8-17-18(22)21(19(26)27-17)13-6-4-5-12(20)9-13/h4-10H,1-3H3/b17-8-. The van der Waals surface area contributed by atoms with E-state index in [1.165, 1.54) is 44.4 Å². The van der Waals surface area contributed by atoms with Crippen LogP contribution in [0, 0.1) is 5.82 Å². The molecule has 0 atom stereocenters. The van der Waals surface area contributed by atoms with Crippen LogP contribution in [-0.4, -0.2) is 31.6 Å². The molecule has 8 heteroatoms. The van der Waals surface area contributed by atoms with Crippen molar-refractivity contribution in [2.24, 2.45) is 0 Å². The molecule has 140 valence electrons. The summed E-state index contributed by atoms with van der Waals surface area (Å²) in [4.78, 5) is 14.5. The number of hydrogen-bond donors (Lipinski definition) is 0. The van der Waals surface area contributed by atoms with Crippen molar-refractivity contribution in [2.45, 2.75) is 0 Å². The number of halogens is 1. The zero-order chi connectivity index (χ0) is 19.6. The number of anilines is 1. The van der Waals surface area contributed by atoms with E-state index in [1.807, 2.05) is 0 Å². The molecule has 0 aliphatic carbocycles. The lowest BCUT2D eigenvalue weighted by atomic mass is 10.1. The summed E-state index contributed by atoms with van der Waals surface area (Å²) in [5, 5.41) is 0. The summed E-state index contributed by atoms with van der Waals surface area (Å²) in [5.74, 6) is 0.771. The molecule has 1 aliphatic rings. The van der Waals surface area contributed by atoms with Gasteiger partial charge in [-0.25, -0.2) is 4.39 Å². The molecule has 0 unspecified atom stereocenters. The number of nitrogens with zero attached hydrogens (tertiary/aromatic N) is 1. The van der Waals surface area contributed by atoms with Gasteiger partial charge in [0.15, 0.2) is 15.8 Å². The summed E-state index contributed by atoms with van der Waals surface area (Å²) < 4.78 is 29.8. The molecule has 1 heterocycles. The number of thiocarbonyl (C=S) groups is 1. The molecule has 5 nitrogen and oxygen atoms in total. The van der Waals surface area contributed by atoms with Crippen LogP contribution in [0.3, 0.4) is 0 Å². The SMILES string of the molecule is COc1cc(OC)c(OC)cc1/C=C1\SC(=S)N(c2cccc(F)c2)C1=O. The highest BCUT2D eigenvalue weighted by Crippen LogP contribution is 2.40. The lowest BCUT2D eigenvalue weighted by Crippen LogP contribution is -2.27. The van der Waals surface area contributed by atoms with Crippen LogP contribution in [0.25, 0.3) is 6.08 Å². The Balaban J connectivity index is 2.01. The third kappa shape index (κ3) is 3.77. The summed E-state index contributed by atoms with van der Waals surface area (Å²) in [6, 6.07) is 9.14. The van der Waals surface area contributed by atoms with Crippen molar-refractivity contribution in [2.75, 3.05) is 26.2 Å². The van der Waals surface area contributed by atoms with Gasteiger partial charge in [0.1, 0.15) is 11.6 Å². The smallest absolute Gasteiger partial charge is 0.270 e. The fourth-order valence-corrected chi connectivity index (χ4v) is 3.90. The third-order valence-corrected chi connectivity index (χ3v) is 5.18. The number of carbonyl (C=O) groups excluding carboxylic acids is 1. The number of thioether (sulfide) groups is 1. The molecular weight excluding hydrogens is 389 g/mol. The minimum absolute atomic E-state index is 0.326. The van der Waals surface area contributed by atoms with Gasteiger partial charge < -0.3 is 14.2 Å². The van der Waals surface area contributed by atoms with Crippen molar-refractivity contribution >= 4 is 46.0 Å². The molecule has 1 saturated heterocycles. The third-order valence-electron chi connectivity index (χ3n) is 3.88. The Morgan fingerprint density at radius 1 is 1.04 bits per heavy atom. The number of ether oxygens (including phenoxy) is 3. The first-order valence-corrected chi connectivity index (χ1v) is 9.04. The Morgan fingerprint density at radius 3 is 2.33 bits per heavy atom. The summed E-state index contributed by atoms with van der Waals surface area (Å²) in [5.41, 5.74) is 1.02. The van der Waals surface area contributed by atoms with E-state index in [1.54, 1.807) is 24.3 Å². The molecule has 0 aromatic heterocycles. The molecular formula is C19H16FNO4S2. The van der Waals surface area contributed by atoms with E-state index in [-0.39, 0.29) is 5.91 Å². The van der Waals surface area contributed by atoms with E-state index in [9.17, 15) is 9.18 Å². The first-order valence-electron chi connectivity index (χ1n) is 7.82. The molecule has 1 fully saturated rings. The Hall–Kier alpha value is -2.58. The topological polar surface area (TPSA) is 48.0 Å². The average Bonchev–Trinajstić information content (AvgIpc) is 2.94. The maximum Gasteiger partial charge on any atom is 0.270 e. The molecule has 2 aromatic carbocycles. The number of rotatable bonds is 5. The first kappa shape index (κ1) is 19.2. The largest absolute Gasteiger partial charge is 0.496 e. The summed E-state index contributed by atoms with van der Waals surface area (Å²) >= 11 is 6.45. The average molecular weight is 405 g/mol. The highest BCUT2D eigenvalue weighted by atomic mass is 32.2. The highest BCUT2D eigenvalue weighted by Gasteiger charge is 2.33. The van der Waals surface area contributed by atoms with E-state index < -0.39 is 5.82 Å². The fourth-order valence-electron chi connectivity index (χ4n) is 2.61. The summed E-state index contributed by atoms with van der Waals surface area (Å²) in [6.45, 7) is 0. The zero-order valence-corrected chi connectivity index (χ0v) is 16.4. The van der Waals surface area contributed by atoms with Crippen LogP contribution in [0.5, 0.6) is 17.2 Å². The van der Waals surface area contributed by atoms with E-state index in [0.29, 0.717) is 37.7 Å². The van der Waals surface area contributed by atoms with Gasteiger partial charge in [-0.1, -0.05) is 30.0 Å². The van der Waals surface area contributed by atoms with Crippen molar-refractivity contribution in [3.8, 4) is 17.2 Å². The monoisotopic (exact) mass is 405 g/mol. The van der Waals surface area contributed by atoms with Gasteiger partial charge in [-0.2, -0.15) is 0 Å². The molecule has 0 radical (unpaired) electrons. The Kier molecular flexibility index (Phi) is 5.67. The van der Waals surface area contributed by atoms with Crippen molar-refractivity contribution in [3.63, 3.8) is 0 Å². The molecule has 27 heavy (non-hydrogen) atoms. The van der Waals surface area contributed by atoms with Crippen molar-refractivity contribution < 1.29 is 23.4 Å². The quantitative estimate of drug-likeness (QED) is 0.547. The number of methoxy groups -OCH3 is 3. The number of benzene rings is 2. The Labute approximate surface area is 165 Å². The van der Waals surface area contributed by atoms with Crippen LogP contribution in [0.2, 0.25) is 0 Å². The van der Waals surface area contributed by atoms with Crippen LogP contribution in [-0.2, 0) is 4.79 Å². The maximum absolute atomic E-state index is 13.5. The lowest BCUT2D eigenvalue weighted by molar-refractivity contribution is -0.113. The van der Waals surface area contributed by atoms with Gasteiger partial charge in [0.05, 0.1) is 31.9 Å². The summed E-state index contributed by atoms with van der Waals surface area (Å²) in [7, 11) is 4.58. The second-order valence-corrected chi connectivity index (χ2v) is 7.12. The fraction of sp³-hybridized carbons (Fsp3) is 0.158. The van der Waals surface area contributed by atoms with E-state index >= 15 is 0 Å². The van der Waals surface area contributed by atoms with Crippen molar-refractivity contribution in [1.29, 1.82) is 0 Å². The predicted octanol–water partition coefficient (Wildman–Crippen LogP) is 4.26. The van der Waals surface area contributed by atoms with Gasteiger partial charge in [-0.3, -0.25) is 9.69 Å². The minimum atomic E-state index is -0.438. The van der Waals surface area contributed by atoms with Gasteiger partial charge in [-0.15, -0.1) is 0 Å². The van der Waals surface area contributed by atoms with E-state index in [0.717, 1.165) is 11.8 Å². The maximum atomic E-state index is 13.5. The molecule has 1 amide bonds. The Bertz CT molecular complexity index is 945. The second-order valence-electron chi connectivity index (χ2n) is 5.45. The van der Waals surface area contributed by atoms with E-state index in [2.05, 4.69) is 0 Å². The lowest BCUT2D eigenvalue weighted by Gasteiger charge is -2.14. The Morgan fingerprint density at radius 2 is 1.70 bits per heavy atom. The molecule has 0 bridgehead atoms. The van der Waals surface area contributed by atoms with Crippen LogP contribution in [0.15, 0.2) is 41.3 Å². The zero-order valence-electron chi connectivity index (χ0n) is 14.8. The van der Waals surface area contributed by atoms with Crippen LogP contribution < -0.4 is 19.1 Å². The predicted molar refractivity (Wildman–Crippen MR) is 108 cm³/mol. The highest BCUT2D eigenvalue weighted by molar-refractivity contribution is 8.27. The number of amides is 1. The second kappa shape index (κ2) is 7.98. The normalized spacial score (nSPS) is 15.4. The van der Waals surface area contributed by atoms with Gasteiger partial charge >= 0.3 is 0 Å². The first-order chi connectivity index (χ1) is 13.0. The van der Waals surface area contributed by atoms with Gasteiger partial charge in [0, 0.05) is 11.6 Å². The van der Waals surface area contributed by atoms with Crippen LogP contribution in [0.1, 0.15) is 5.56 Å². The van der Waals surface area contributed by atoms with Gasteiger partial charge in [0.2, 0.25) is 0 Å². The molecule has 1 aliphatic heterocycles. The number of hydrogen-bond acceptors (Lipinski definition) is 6.